The number of anilines is 1. The maximum atomic E-state index is 12.3. The van der Waals surface area contributed by atoms with E-state index in [1.165, 1.54) is 0 Å². The second-order valence-corrected chi connectivity index (χ2v) is 5.04. The van der Waals surface area contributed by atoms with Crippen molar-refractivity contribution in [1.82, 2.24) is 4.57 Å². The summed E-state index contributed by atoms with van der Waals surface area (Å²) in [7, 11) is 0. The van der Waals surface area contributed by atoms with E-state index in [0.717, 1.165) is 5.69 Å². The van der Waals surface area contributed by atoms with Crippen LogP contribution in [0.3, 0.4) is 0 Å². The molecule has 0 radical (unpaired) electrons. The van der Waals surface area contributed by atoms with Crippen LogP contribution in [0.25, 0.3) is 5.69 Å². The number of aromatic nitrogens is 1. The van der Waals surface area contributed by atoms with Crippen LogP contribution >= 0.6 is 0 Å². The molecule has 5 nitrogen and oxygen atoms in total. The Morgan fingerprint density at radius 3 is 2.22 bits per heavy atom. The van der Waals surface area contributed by atoms with Gasteiger partial charge < -0.3 is 15.6 Å². The lowest BCUT2D eigenvalue weighted by atomic mass is 10.1. The fraction of sp³-hybridized carbons (Fsp3) is 0. The van der Waals surface area contributed by atoms with Crippen molar-refractivity contribution in [3.05, 3.63) is 84.2 Å². The second kappa shape index (κ2) is 6.19. The smallest absolute Gasteiger partial charge is 0.255 e. The highest BCUT2D eigenvalue weighted by Crippen LogP contribution is 2.14. The van der Waals surface area contributed by atoms with Crippen LogP contribution in [-0.2, 0) is 0 Å². The molecule has 0 aliphatic carbocycles. The first kappa shape index (κ1) is 14.6. The Morgan fingerprint density at radius 1 is 0.870 bits per heavy atom. The van der Waals surface area contributed by atoms with Gasteiger partial charge in [-0.3, -0.25) is 9.59 Å². The lowest BCUT2D eigenvalue weighted by molar-refractivity contribution is 0.0998. The molecule has 0 aliphatic rings. The molecule has 23 heavy (non-hydrogen) atoms. The first-order chi connectivity index (χ1) is 11.1. The molecule has 1 heterocycles. The van der Waals surface area contributed by atoms with Crippen LogP contribution in [0.5, 0.6) is 0 Å². The molecule has 0 bridgehead atoms. The number of rotatable bonds is 4. The average molecular weight is 305 g/mol. The number of hydrogen-bond acceptors (Lipinski definition) is 2. The van der Waals surface area contributed by atoms with Crippen molar-refractivity contribution >= 4 is 17.5 Å². The van der Waals surface area contributed by atoms with Crippen LogP contribution in [0.2, 0.25) is 0 Å². The Kier molecular flexibility index (Phi) is 3.93. The highest BCUT2D eigenvalue weighted by Gasteiger charge is 2.08. The summed E-state index contributed by atoms with van der Waals surface area (Å²) in [6.45, 7) is 0. The maximum absolute atomic E-state index is 12.3. The van der Waals surface area contributed by atoms with Crippen molar-refractivity contribution in [2.24, 2.45) is 5.73 Å². The Hall–Kier alpha value is -3.34. The van der Waals surface area contributed by atoms with Gasteiger partial charge in [0, 0.05) is 34.9 Å². The van der Waals surface area contributed by atoms with E-state index in [4.69, 9.17) is 5.73 Å². The SMILES string of the molecule is NC(=O)c1ccc(NC(=O)c2cccc(-n3cccc3)c2)cc1. The predicted molar refractivity (Wildman–Crippen MR) is 88.7 cm³/mol. The van der Waals surface area contributed by atoms with E-state index in [2.05, 4.69) is 5.32 Å². The number of carbonyl (C=O) groups excluding carboxylic acids is 2. The number of nitrogens with two attached hydrogens (primary N) is 1. The third-order valence-electron chi connectivity index (χ3n) is 3.44. The Morgan fingerprint density at radius 2 is 1.57 bits per heavy atom. The molecule has 5 heteroatoms. The second-order valence-electron chi connectivity index (χ2n) is 5.04. The zero-order chi connectivity index (χ0) is 16.2. The molecule has 0 spiro atoms. The lowest BCUT2D eigenvalue weighted by Gasteiger charge is -2.08. The minimum absolute atomic E-state index is 0.217. The van der Waals surface area contributed by atoms with Gasteiger partial charge >= 0.3 is 0 Å². The fourth-order valence-corrected chi connectivity index (χ4v) is 2.24. The Bertz CT molecular complexity index is 837. The summed E-state index contributed by atoms with van der Waals surface area (Å²) in [4.78, 5) is 23.4. The summed E-state index contributed by atoms with van der Waals surface area (Å²) in [6.07, 6.45) is 3.83. The summed E-state index contributed by atoms with van der Waals surface area (Å²) in [5.41, 5.74) is 7.65. The Labute approximate surface area is 133 Å². The largest absolute Gasteiger partial charge is 0.366 e. The molecule has 114 valence electrons. The monoisotopic (exact) mass is 305 g/mol. The molecule has 3 N–H and O–H groups in total. The average Bonchev–Trinajstić information content (AvgIpc) is 3.10. The summed E-state index contributed by atoms with van der Waals surface area (Å²) in [6, 6.07) is 17.6. The van der Waals surface area contributed by atoms with Crippen LogP contribution in [-0.4, -0.2) is 16.4 Å². The number of primary amides is 1. The van der Waals surface area contributed by atoms with E-state index < -0.39 is 5.91 Å². The van der Waals surface area contributed by atoms with E-state index in [-0.39, 0.29) is 5.91 Å². The van der Waals surface area contributed by atoms with Gasteiger partial charge in [-0.25, -0.2) is 0 Å². The number of hydrogen-bond donors (Lipinski definition) is 2. The number of carbonyl (C=O) groups is 2. The molecular formula is C18H15N3O2. The molecule has 1 aromatic heterocycles. The third-order valence-corrected chi connectivity index (χ3v) is 3.44. The molecule has 3 rings (SSSR count). The fourth-order valence-electron chi connectivity index (χ4n) is 2.24. The molecule has 2 aromatic carbocycles. The van der Waals surface area contributed by atoms with Crippen molar-refractivity contribution in [1.29, 1.82) is 0 Å². The van der Waals surface area contributed by atoms with E-state index in [0.29, 0.717) is 16.8 Å². The highest BCUT2D eigenvalue weighted by atomic mass is 16.2. The quantitative estimate of drug-likeness (QED) is 0.777. The van der Waals surface area contributed by atoms with Gasteiger partial charge in [-0.2, -0.15) is 0 Å². The molecule has 0 aliphatic heterocycles. The van der Waals surface area contributed by atoms with Gasteiger partial charge in [-0.05, 0) is 54.6 Å². The minimum Gasteiger partial charge on any atom is -0.366 e. The van der Waals surface area contributed by atoms with Crippen molar-refractivity contribution < 1.29 is 9.59 Å². The van der Waals surface area contributed by atoms with Gasteiger partial charge in [0.05, 0.1) is 0 Å². The van der Waals surface area contributed by atoms with Gasteiger partial charge in [0.25, 0.3) is 5.91 Å². The van der Waals surface area contributed by atoms with Crippen LogP contribution in [0.15, 0.2) is 73.1 Å². The van der Waals surface area contributed by atoms with Gasteiger partial charge in [0.2, 0.25) is 5.91 Å². The van der Waals surface area contributed by atoms with Crippen LogP contribution in [0, 0.1) is 0 Å². The molecular weight excluding hydrogens is 290 g/mol. The van der Waals surface area contributed by atoms with Gasteiger partial charge in [-0.15, -0.1) is 0 Å². The van der Waals surface area contributed by atoms with E-state index in [1.54, 1.807) is 30.3 Å². The lowest BCUT2D eigenvalue weighted by Crippen LogP contribution is -2.13. The van der Waals surface area contributed by atoms with Crippen molar-refractivity contribution in [2.75, 3.05) is 5.32 Å². The van der Waals surface area contributed by atoms with Crippen molar-refractivity contribution in [3.8, 4) is 5.69 Å². The highest BCUT2D eigenvalue weighted by molar-refractivity contribution is 6.04. The number of amides is 2. The van der Waals surface area contributed by atoms with Gasteiger partial charge in [-0.1, -0.05) is 6.07 Å². The van der Waals surface area contributed by atoms with Crippen molar-refractivity contribution in [3.63, 3.8) is 0 Å². The van der Waals surface area contributed by atoms with Crippen LogP contribution < -0.4 is 11.1 Å². The van der Waals surface area contributed by atoms with E-state index in [1.807, 2.05) is 47.3 Å². The summed E-state index contributed by atoms with van der Waals surface area (Å²) < 4.78 is 1.93. The molecule has 0 atom stereocenters. The Balaban J connectivity index is 1.78. The predicted octanol–water partition coefficient (Wildman–Crippen LogP) is 2.83. The molecule has 0 fully saturated rings. The van der Waals surface area contributed by atoms with Crippen LogP contribution in [0.4, 0.5) is 5.69 Å². The zero-order valence-electron chi connectivity index (χ0n) is 12.3. The summed E-state index contributed by atoms with van der Waals surface area (Å²) >= 11 is 0. The topological polar surface area (TPSA) is 77.1 Å². The van der Waals surface area contributed by atoms with Gasteiger partial charge in [0.1, 0.15) is 0 Å². The molecule has 0 saturated carbocycles. The first-order valence-corrected chi connectivity index (χ1v) is 7.08. The minimum atomic E-state index is -0.498. The number of benzene rings is 2. The number of nitrogens with one attached hydrogen (secondary N) is 1. The van der Waals surface area contributed by atoms with E-state index >= 15 is 0 Å². The number of nitrogens with zero attached hydrogens (tertiary/aromatic N) is 1. The summed E-state index contributed by atoms with van der Waals surface area (Å²) in [5, 5.41) is 2.80. The van der Waals surface area contributed by atoms with E-state index in [9.17, 15) is 9.59 Å². The molecule has 0 saturated heterocycles. The normalized spacial score (nSPS) is 10.3. The molecule has 2 amide bonds. The van der Waals surface area contributed by atoms with Crippen molar-refractivity contribution in [2.45, 2.75) is 0 Å². The molecule has 3 aromatic rings. The van der Waals surface area contributed by atoms with Gasteiger partial charge in [0.15, 0.2) is 0 Å². The maximum Gasteiger partial charge on any atom is 0.255 e. The summed E-state index contributed by atoms with van der Waals surface area (Å²) in [5.74, 6) is -0.715. The zero-order valence-corrected chi connectivity index (χ0v) is 12.3. The molecule has 0 unspecified atom stereocenters. The van der Waals surface area contributed by atoms with Crippen LogP contribution in [0.1, 0.15) is 20.7 Å². The first-order valence-electron chi connectivity index (χ1n) is 7.08. The standard InChI is InChI=1S/C18H15N3O2/c19-17(22)13-6-8-15(9-7-13)20-18(23)14-4-3-5-16(12-14)21-10-1-2-11-21/h1-12H,(H2,19,22)(H,20,23). The third kappa shape index (κ3) is 3.29.